The van der Waals surface area contributed by atoms with E-state index in [-0.39, 0.29) is 5.82 Å². The van der Waals surface area contributed by atoms with Crippen LogP contribution in [0.2, 0.25) is 5.02 Å². The smallest absolute Gasteiger partial charge is 0.137 e. The van der Waals surface area contributed by atoms with E-state index in [0.717, 1.165) is 27.7 Å². The monoisotopic (exact) mass is 387 g/mol. The molecule has 0 radical (unpaired) electrons. The second kappa shape index (κ2) is 8.18. The van der Waals surface area contributed by atoms with E-state index in [4.69, 9.17) is 11.6 Å². The van der Waals surface area contributed by atoms with Gasteiger partial charge in [0.2, 0.25) is 0 Å². The summed E-state index contributed by atoms with van der Waals surface area (Å²) >= 11 is 11.1. The fourth-order valence-corrected chi connectivity index (χ4v) is 3.72. The molecule has 1 N–H and O–H groups in total. The van der Waals surface area contributed by atoms with Crippen molar-refractivity contribution in [2.24, 2.45) is 0 Å². The Morgan fingerprint density at radius 1 is 1.29 bits per heavy atom. The Hall–Kier alpha value is -0.550. The minimum atomic E-state index is -0.231. The molecule has 1 nitrogen and oxygen atoms in total. The molecule has 0 saturated heterocycles. The molecule has 0 heterocycles. The SMILES string of the molecule is CNC(CSc1ccccc1Cl)Cc1ccc(F)c(Br)c1. The number of hydrogen-bond acceptors (Lipinski definition) is 2. The van der Waals surface area contributed by atoms with E-state index in [9.17, 15) is 4.39 Å². The van der Waals surface area contributed by atoms with Gasteiger partial charge in [0.05, 0.1) is 9.50 Å². The van der Waals surface area contributed by atoms with Crippen molar-refractivity contribution in [1.29, 1.82) is 0 Å². The van der Waals surface area contributed by atoms with Crippen LogP contribution in [0.3, 0.4) is 0 Å². The van der Waals surface area contributed by atoms with Crippen LogP contribution in [0.4, 0.5) is 4.39 Å². The molecule has 0 aliphatic carbocycles. The van der Waals surface area contributed by atoms with Gasteiger partial charge < -0.3 is 5.32 Å². The van der Waals surface area contributed by atoms with Gasteiger partial charge in [-0.2, -0.15) is 0 Å². The van der Waals surface area contributed by atoms with Crippen LogP contribution in [-0.2, 0) is 6.42 Å². The van der Waals surface area contributed by atoms with Crippen LogP contribution in [0.25, 0.3) is 0 Å². The van der Waals surface area contributed by atoms with Gasteiger partial charge in [0, 0.05) is 16.7 Å². The number of hydrogen-bond donors (Lipinski definition) is 1. The van der Waals surface area contributed by atoms with Crippen LogP contribution in [0.1, 0.15) is 5.56 Å². The van der Waals surface area contributed by atoms with Crippen LogP contribution >= 0.6 is 39.3 Å². The molecule has 112 valence electrons. The average Bonchev–Trinajstić information content (AvgIpc) is 2.48. The van der Waals surface area contributed by atoms with Crippen LogP contribution in [0, 0.1) is 5.82 Å². The minimum Gasteiger partial charge on any atom is -0.316 e. The number of thioether (sulfide) groups is 1. The van der Waals surface area contributed by atoms with Gasteiger partial charge in [-0.3, -0.25) is 0 Å². The summed E-state index contributed by atoms with van der Waals surface area (Å²) in [6.45, 7) is 0. The lowest BCUT2D eigenvalue weighted by Gasteiger charge is -2.16. The molecular formula is C16H16BrClFNS. The Kier molecular flexibility index (Phi) is 6.55. The Morgan fingerprint density at radius 2 is 2.05 bits per heavy atom. The second-order valence-corrected chi connectivity index (χ2v) is 7.00. The molecular weight excluding hydrogens is 373 g/mol. The lowest BCUT2D eigenvalue weighted by molar-refractivity contribution is 0.606. The van der Waals surface area contributed by atoms with Crippen LogP contribution in [0.15, 0.2) is 51.8 Å². The second-order valence-electron chi connectivity index (χ2n) is 4.68. The molecule has 2 rings (SSSR count). The van der Waals surface area contributed by atoms with Crippen molar-refractivity contribution < 1.29 is 4.39 Å². The minimum absolute atomic E-state index is 0.231. The zero-order valence-corrected chi connectivity index (χ0v) is 14.7. The molecule has 1 atom stereocenters. The summed E-state index contributed by atoms with van der Waals surface area (Å²) in [6, 6.07) is 13.3. The summed E-state index contributed by atoms with van der Waals surface area (Å²) in [4.78, 5) is 1.08. The number of benzene rings is 2. The molecule has 1 unspecified atom stereocenters. The molecule has 0 fully saturated rings. The van der Waals surface area contributed by atoms with E-state index in [2.05, 4.69) is 21.2 Å². The molecule has 0 spiro atoms. The Morgan fingerprint density at radius 3 is 2.71 bits per heavy atom. The summed E-state index contributed by atoms with van der Waals surface area (Å²) in [7, 11) is 1.94. The van der Waals surface area contributed by atoms with E-state index in [1.165, 1.54) is 6.07 Å². The maximum absolute atomic E-state index is 13.3. The average molecular weight is 389 g/mol. The van der Waals surface area contributed by atoms with Crippen molar-refractivity contribution >= 4 is 39.3 Å². The summed E-state index contributed by atoms with van der Waals surface area (Å²) in [5.74, 6) is 0.667. The van der Waals surface area contributed by atoms with Crippen molar-refractivity contribution in [3.63, 3.8) is 0 Å². The lowest BCUT2D eigenvalue weighted by Crippen LogP contribution is -2.30. The predicted octanol–water partition coefficient (Wildman–Crippen LogP) is 5.16. The number of likely N-dealkylation sites (N-methyl/N-ethyl adjacent to an activating group) is 1. The molecule has 0 aromatic heterocycles. The summed E-state index contributed by atoms with van der Waals surface area (Å²) < 4.78 is 13.8. The fourth-order valence-electron chi connectivity index (χ4n) is 1.95. The first kappa shape index (κ1) is 16.8. The van der Waals surface area contributed by atoms with E-state index < -0.39 is 0 Å². The van der Waals surface area contributed by atoms with Gasteiger partial charge in [-0.25, -0.2) is 4.39 Å². The first-order valence-corrected chi connectivity index (χ1v) is 8.74. The molecule has 0 aliphatic heterocycles. The van der Waals surface area contributed by atoms with Crippen molar-refractivity contribution in [1.82, 2.24) is 5.32 Å². The van der Waals surface area contributed by atoms with Crippen LogP contribution < -0.4 is 5.32 Å². The van der Waals surface area contributed by atoms with Crippen LogP contribution in [-0.4, -0.2) is 18.8 Å². The Balaban J connectivity index is 1.97. The van der Waals surface area contributed by atoms with Crippen molar-refractivity contribution in [3.05, 3.63) is 63.3 Å². The Bertz CT molecular complexity index is 609. The van der Waals surface area contributed by atoms with Crippen molar-refractivity contribution in [3.8, 4) is 0 Å². The highest BCUT2D eigenvalue weighted by Crippen LogP contribution is 2.27. The molecule has 5 heteroatoms. The third kappa shape index (κ3) is 4.99. The van der Waals surface area contributed by atoms with E-state index in [0.29, 0.717) is 10.5 Å². The van der Waals surface area contributed by atoms with E-state index in [1.54, 1.807) is 11.8 Å². The molecule has 2 aromatic carbocycles. The largest absolute Gasteiger partial charge is 0.316 e. The molecule has 0 bridgehead atoms. The maximum atomic E-state index is 13.3. The van der Waals surface area contributed by atoms with E-state index in [1.807, 2.05) is 43.4 Å². The van der Waals surface area contributed by atoms with Gasteiger partial charge in [0.15, 0.2) is 0 Å². The zero-order chi connectivity index (χ0) is 15.2. The lowest BCUT2D eigenvalue weighted by atomic mass is 10.1. The first-order valence-electron chi connectivity index (χ1n) is 6.58. The van der Waals surface area contributed by atoms with Gasteiger partial charge >= 0.3 is 0 Å². The topological polar surface area (TPSA) is 12.0 Å². The third-order valence-corrected chi connectivity index (χ3v) is 5.44. The molecule has 0 saturated carbocycles. The highest BCUT2D eigenvalue weighted by Gasteiger charge is 2.10. The van der Waals surface area contributed by atoms with Gasteiger partial charge in [0.25, 0.3) is 0 Å². The fraction of sp³-hybridized carbons (Fsp3) is 0.250. The highest BCUT2D eigenvalue weighted by atomic mass is 79.9. The molecule has 2 aromatic rings. The zero-order valence-electron chi connectivity index (χ0n) is 11.6. The van der Waals surface area contributed by atoms with Gasteiger partial charge in [0.1, 0.15) is 5.82 Å². The quantitative estimate of drug-likeness (QED) is 0.686. The molecule has 0 aliphatic rings. The van der Waals surface area contributed by atoms with Gasteiger partial charge in [-0.1, -0.05) is 29.8 Å². The van der Waals surface area contributed by atoms with Crippen molar-refractivity contribution in [2.75, 3.05) is 12.8 Å². The summed E-state index contributed by atoms with van der Waals surface area (Å²) in [6.07, 6.45) is 0.840. The summed E-state index contributed by atoms with van der Waals surface area (Å²) in [5.41, 5.74) is 1.10. The maximum Gasteiger partial charge on any atom is 0.137 e. The predicted molar refractivity (Wildman–Crippen MR) is 92.8 cm³/mol. The normalized spacial score (nSPS) is 12.4. The molecule has 21 heavy (non-hydrogen) atoms. The standard InChI is InChI=1S/C16H16BrClFNS/c1-20-12(8-11-6-7-15(19)13(17)9-11)10-21-16-5-3-2-4-14(16)18/h2-7,9,12,20H,8,10H2,1H3. The third-order valence-electron chi connectivity index (χ3n) is 3.15. The summed E-state index contributed by atoms with van der Waals surface area (Å²) in [5, 5.41) is 4.08. The molecule has 0 amide bonds. The number of nitrogens with one attached hydrogen (secondary N) is 1. The van der Waals surface area contributed by atoms with Gasteiger partial charge in [-0.15, -0.1) is 11.8 Å². The number of rotatable bonds is 6. The van der Waals surface area contributed by atoms with E-state index >= 15 is 0 Å². The van der Waals surface area contributed by atoms with Gasteiger partial charge in [-0.05, 0) is 59.2 Å². The van der Waals surface area contributed by atoms with Crippen LogP contribution in [0.5, 0.6) is 0 Å². The first-order chi connectivity index (χ1) is 10.1. The number of halogens is 3. The van der Waals surface area contributed by atoms with Crippen molar-refractivity contribution in [2.45, 2.75) is 17.4 Å². The highest BCUT2D eigenvalue weighted by molar-refractivity contribution is 9.10. The Labute approximate surface area is 142 Å².